The summed E-state index contributed by atoms with van der Waals surface area (Å²) in [5.41, 5.74) is -0.371. The van der Waals surface area contributed by atoms with Crippen LogP contribution in [0.15, 0.2) is 0 Å². The molecule has 2 heterocycles. The molecule has 4 heteroatoms. The fourth-order valence-corrected chi connectivity index (χ4v) is 4.75. The number of hydrogen-bond donors (Lipinski definition) is 0. The molecular weight excluding hydrogens is 242 g/mol. The van der Waals surface area contributed by atoms with E-state index < -0.39 is 5.79 Å². The number of likely N-dealkylation sites (tertiary alicyclic amines) is 1. The molecule has 0 aromatic rings. The van der Waals surface area contributed by atoms with Gasteiger partial charge in [-0.25, -0.2) is 0 Å². The third-order valence-corrected chi connectivity index (χ3v) is 5.94. The second-order valence-corrected chi connectivity index (χ2v) is 7.16. The lowest BCUT2D eigenvalue weighted by atomic mass is 9.51. The average Bonchev–Trinajstić information content (AvgIpc) is 2.82. The summed E-state index contributed by atoms with van der Waals surface area (Å²) in [5.74, 6) is 0.160. The van der Waals surface area contributed by atoms with Crippen LogP contribution >= 0.6 is 0 Å². The van der Waals surface area contributed by atoms with Crippen molar-refractivity contribution in [3.8, 4) is 0 Å². The van der Waals surface area contributed by atoms with Crippen LogP contribution in [-0.4, -0.2) is 43.4 Å². The van der Waals surface area contributed by atoms with E-state index in [0.29, 0.717) is 25.0 Å². The Kier molecular flexibility index (Phi) is 2.78. The van der Waals surface area contributed by atoms with E-state index in [0.717, 1.165) is 25.8 Å². The zero-order valence-electron chi connectivity index (χ0n) is 12.5. The first-order valence-electron chi connectivity index (χ1n) is 7.37. The highest BCUT2D eigenvalue weighted by molar-refractivity contribution is 5.83. The van der Waals surface area contributed by atoms with Gasteiger partial charge in [-0.05, 0) is 18.8 Å². The van der Waals surface area contributed by atoms with E-state index in [2.05, 4.69) is 20.8 Å². The van der Waals surface area contributed by atoms with Gasteiger partial charge in [0.2, 0.25) is 5.91 Å². The maximum absolute atomic E-state index is 12.6. The van der Waals surface area contributed by atoms with Gasteiger partial charge in [0.1, 0.15) is 0 Å². The Hall–Kier alpha value is -0.610. The van der Waals surface area contributed by atoms with E-state index >= 15 is 0 Å². The molecule has 19 heavy (non-hydrogen) atoms. The zero-order valence-corrected chi connectivity index (χ0v) is 12.5. The van der Waals surface area contributed by atoms with Gasteiger partial charge in [0.25, 0.3) is 0 Å². The van der Waals surface area contributed by atoms with E-state index in [9.17, 15) is 4.79 Å². The molecular formula is C15H25NO3. The van der Waals surface area contributed by atoms with E-state index in [1.165, 1.54) is 0 Å². The van der Waals surface area contributed by atoms with Crippen LogP contribution in [0.3, 0.4) is 0 Å². The molecule has 108 valence electrons. The van der Waals surface area contributed by atoms with Gasteiger partial charge in [-0.1, -0.05) is 20.8 Å². The molecule has 1 amide bonds. The summed E-state index contributed by atoms with van der Waals surface area (Å²) in [6.45, 7) is 8.79. The van der Waals surface area contributed by atoms with Gasteiger partial charge in [0.05, 0.1) is 18.6 Å². The summed E-state index contributed by atoms with van der Waals surface area (Å²) in [7, 11) is 1.92. The first kappa shape index (κ1) is 13.4. The molecule has 0 N–H and O–H groups in total. The van der Waals surface area contributed by atoms with Gasteiger partial charge >= 0.3 is 0 Å². The number of amides is 1. The molecule has 0 aromatic carbocycles. The number of fused-ring (bicyclic) bond motifs is 1. The van der Waals surface area contributed by atoms with Crippen molar-refractivity contribution < 1.29 is 14.3 Å². The van der Waals surface area contributed by atoms with Crippen molar-refractivity contribution in [2.45, 2.75) is 45.8 Å². The average molecular weight is 267 g/mol. The van der Waals surface area contributed by atoms with E-state index in [1.54, 1.807) is 0 Å². The summed E-state index contributed by atoms with van der Waals surface area (Å²) in [4.78, 5) is 14.5. The predicted molar refractivity (Wildman–Crippen MR) is 71.5 cm³/mol. The topological polar surface area (TPSA) is 38.8 Å². The maximum Gasteiger partial charge on any atom is 0.228 e. The lowest BCUT2D eigenvalue weighted by Crippen LogP contribution is -2.64. The Morgan fingerprint density at radius 2 is 1.79 bits per heavy atom. The van der Waals surface area contributed by atoms with Crippen LogP contribution in [-0.2, 0) is 14.3 Å². The van der Waals surface area contributed by atoms with Gasteiger partial charge < -0.3 is 14.4 Å². The minimum atomic E-state index is -0.465. The number of carbonyl (C=O) groups excluding carboxylic acids is 1. The van der Waals surface area contributed by atoms with Gasteiger partial charge in [0.15, 0.2) is 5.79 Å². The van der Waals surface area contributed by atoms with E-state index in [1.807, 2.05) is 11.9 Å². The van der Waals surface area contributed by atoms with Gasteiger partial charge in [-0.15, -0.1) is 0 Å². The van der Waals surface area contributed by atoms with Crippen LogP contribution in [0, 0.1) is 16.7 Å². The molecule has 3 fully saturated rings. The first-order chi connectivity index (χ1) is 8.83. The maximum atomic E-state index is 12.6. The summed E-state index contributed by atoms with van der Waals surface area (Å²) in [6.07, 6.45) is 2.73. The molecule has 2 atom stereocenters. The van der Waals surface area contributed by atoms with Crippen molar-refractivity contribution in [2.24, 2.45) is 16.7 Å². The van der Waals surface area contributed by atoms with Crippen LogP contribution in [0.2, 0.25) is 0 Å². The van der Waals surface area contributed by atoms with Crippen LogP contribution in [0.4, 0.5) is 0 Å². The highest BCUT2D eigenvalue weighted by Gasteiger charge is 2.65. The number of nitrogens with zero attached hydrogens (tertiary/aromatic N) is 1. The largest absolute Gasteiger partial charge is 0.347 e. The molecule has 1 spiro atoms. The molecule has 1 unspecified atom stereocenters. The van der Waals surface area contributed by atoms with E-state index in [-0.39, 0.29) is 10.8 Å². The molecule has 2 aliphatic heterocycles. The Bertz CT molecular complexity index is 400. The molecule has 0 radical (unpaired) electrons. The third-order valence-electron chi connectivity index (χ3n) is 5.94. The fraction of sp³-hybridized carbons (Fsp3) is 0.933. The summed E-state index contributed by atoms with van der Waals surface area (Å²) < 4.78 is 12.0. The molecule has 1 saturated carbocycles. The quantitative estimate of drug-likeness (QED) is 0.674. The van der Waals surface area contributed by atoms with Gasteiger partial charge in [-0.2, -0.15) is 0 Å². The second kappa shape index (κ2) is 3.95. The number of rotatable bonds is 0. The zero-order chi connectivity index (χ0) is 13.9. The number of ether oxygens (including phenoxy) is 2. The minimum absolute atomic E-state index is 0.118. The van der Waals surface area contributed by atoms with Gasteiger partial charge in [-0.3, -0.25) is 4.79 Å². The van der Waals surface area contributed by atoms with Crippen molar-refractivity contribution in [3.63, 3.8) is 0 Å². The van der Waals surface area contributed by atoms with Gasteiger partial charge in [0, 0.05) is 25.4 Å². The molecule has 3 aliphatic rings. The smallest absolute Gasteiger partial charge is 0.228 e. The van der Waals surface area contributed by atoms with Crippen molar-refractivity contribution in [3.05, 3.63) is 0 Å². The van der Waals surface area contributed by atoms with Crippen LogP contribution in [0.1, 0.15) is 40.0 Å². The second-order valence-electron chi connectivity index (χ2n) is 7.16. The third kappa shape index (κ3) is 1.56. The summed E-state index contributed by atoms with van der Waals surface area (Å²) in [6, 6.07) is 0. The molecule has 0 aromatic heterocycles. The summed E-state index contributed by atoms with van der Waals surface area (Å²) >= 11 is 0. The predicted octanol–water partition coefficient (Wildman–Crippen LogP) is 2.03. The number of hydrogen-bond acceptors (Lipinski definition) is 3. The lowest BCUT2D eigenvalue weighted by molar-refractivity contribution is -0.285. The number of carbonyl (C=O) groups is 1. The molecule has 3 rings (SSSR count). The van der Waals surface area contributed by atoms with Crippen LogP contribution < -0.4 is 0 Å². The van der Waals surface area contributed by atoms with Crippen molar-refractivity contribution in [2.75, 3.05) is 26.8 Å². The van der Waals surface area contributed by atoms with Crippen LogP contribution in [0.25, 0.3) is 0 Å². The monoisotopic (exact) mass is 267 g/mol. The van der Waals surface area contributed by atoms with Crippen molar-refractivity contribution in [1.82, 2.24) is 4.90 Å². The molecule has 0 bridgehead atoms. The number of piperidine rings is 1. The molecule has 4 nitrogen and oxygen atoms in total. The minimum Gasteiger partial charge on any atom is -0.347 e. The Morgan fingerprint density at radius 3 is 2.42 bits per heavy atom. The summed E-state index contributed by atoms with van der Waals surface area (Å²) in [5, 5.41) is 0. The Morgan fingerprint density at radius 1 is 1.16 bits per heavy atom. The Balaban J connectivity index is 1.99. The van der Waals surface area contributed by atoms with Crippen LogP contribution in [0.5, 0.6) is 0 Å². The standard InChI is InChI=1S/C15H25NO3/c1-13(2)11-5-8-16(4)12(17)14(11,3)6-7-15(13)18-9-10-19-15/h11H,5-10H2,1-4H3/t11-,14?/m0/s1. The fourth-order valence-electron chi connectivity index (χ4n) is 4.75. The highest BCUT2D eigenvalue weighted by atomic mass is 16.7. The lowest BCUT2D eigenvalue weighted by Gasteiger charge is -2.59. The SMILES string of the molecule is CN1CC[C@@H]2C(C)(CCC3(OCCO3)C2(C)C)C1=O. The normalized spacial score (nSPS) is 40.5. The van der Waals surface area contributed by atoms with Crippen molar-refractivity contribution >= 4 is 5.91 Å². The Labute approximate surface area is 115 Å². The van der Waals surface area contributed by atoms with E-state index in [4.69, 9.17) is 9.47 Å². The van der Waals surface area contributed by atoms with Crippen molar-refractivity contribution in [1.29, 1.82) is 0 Å². The highest BCUT2D eigenvalue weighted by Crippen LogP contribution is 2.61. The first-order valence-corrected chi connectivity index (χ1v) is 7.37. The molecule has 2 saturated heterocycles. The molecule has 1 aliphatic carbocycles.